The number of nitrogens with zero attached hydrogens (tertiary/aromatic N) is 3. The van der Waals surface area contributed by atoms with Crippen LogP contribution in [0.5, 0.6) is 5.75 Å². The summed E-state index contributed by atoms with van der Waals surface area (Å²) >= 11 is 0. The summed E-state index contributed by atoms with van der Waals surface area (Å²) in [6.07, 6.45) is 1.84. The number of benzene rings is 1. The van der Waals surface area contributed by atoms with Gasteiger partial charge in [-0.15, -0.1) is 5.10 Å². The Morgan fingerprint density at radius 3 is 2.76 bits per heavy atom. The standard InChI is InChI=1S/C15H22N4O2/c1-3-21-15-6-4-13(5-7-15)12(2)16-10-14-11-19(8-9-20)18-17-14/h4-7,11-12,16,20H,3,8-10H2,1-2H3. The molecule has 1 aromatic carbocycles. The van der Waals surface area contributed by atoms with Crippen LogP contribution in [0.25, 0.3) is 0 Å². The quantitative estimate of drug-likeness (QED) is 0.771. The molecule has 2 rings (SSSR count). The zero-order chi connectivity index (χ0) is 15.1. The lowest BCUT2D eigenvalue weighted by molar-refractivity contribution is 0.268. The predicted octanol–water partition coefficient (Wildman–Crippen LogP) is 1.52. The van der Waals surface area contributed by atoms with E-state index >= 15 is 0 Å². The van der Waals surface area contributed by atoms with E-state index in [1.807, 2.05) is 25.3 Å². The van der Waals surface area contributed by atoms with Gasteiger partial charge in [0.25, 0.3) is 0 Å². The second-order valence-corrected chi connectivity index (χ2v) is 4.80. The zero-order valence-corrected chi connectivity index (χ0v) is 12.5. The Morgan fingerprint density at radius 2 is 2.10 bits per heavy atom. The highest BCUT2D eigenvalue weighted by atomic mass is 16.5. The Labute approximate surface area is 124 Å². The lowest BCUT2D eigenvalue weighted by Crippen LogP contribution is -2.18. The Kier molecular flexibility index (Phi) is 5.71. The molecule has 114 valence electrons. The van der Waals surface area contributed by atoms with E-state index in [1.54, 1.807) is 4.68 Å². The molecule has 1 atom stereocenters. The molecule has 0 fully saturated rings. The Hall–Kier alpha value is -1.92. The van der Waals surface area contributed by atoms with Crippen molar-refractivity contribution < 1.29 is 9.84 Å². The van der Waals surface area contributed by atoms with Gasteiger partial charge in [-0.1, -0.05) is 17.3 Å². The highest BCUT2D eigenvalue weighted by Gasteiger charge is 2.07. The molecule has 1 unspecified atom stereocenters. The second kappa shape index (κ2) is 7.75. The van der Waals surface area contributed by atoms with Crippen LogP contribution in [0.2, 0.25) is 0 Å². The summed E-state index contributed by atoms with van der Waals surface area (Å²) in [5.41, 5.74) is 2.06. The molecule has 1 aromatic heterocycles. The van der Waals surface area contributed by atoms with Gasteiger partial charge in [-0.3, -0.25) is 0 Å². The minimum Gasteiger partial charge on any atom is -0.494 e. The number of nitrogens with one attached hydrogen (secondary N) is 1. The normalized spacial score (nSPS) is 12.3. The van der Waals surface area contributed by atoms with E-state index in [4.69, 9.17) is 9.84 Å². The molecule has 1 heterocycles. The van der Waals surface area contributed by atoms with Crippen LogP contribution in [0.15, 0.2) is 30.5 Å². The largest absolute Gasteiger partial charge is 0.494 e. The summed E-state index contributed by atoms with van der Waals surface area (Å²) in [6, 6.07) is 8.29. The Balaban J connectivity index is 1.86. The number of aliphatic hydroxyl groups excluding tert-OH is 1. The first-order valence-corrected chi connectivity index (χ1v) is 7.19. The number of aliphatic hydroxyl groups is 1. The molecular weight excluding hydrogens is 268 g/mol. The minimum atomic E-state index is 0.0683. The molecule has 21 heavy (non-hydrogen) atoms. The van der Waals surface area contributed by atoms with Crippen molar-refractivity contribution in [1.82, 2.24) is 20.3 Å². The van der Waals surface area contributed by atoms with E-state index in [9.17, 15) is 0 Å². The molecule has 0 aliphatic heterocycles. The monoisotopic (exact) mass is 290 g/mol. The van der Waals surface area contributed by atoms with Crippen molar-refractivity contribution in [2.45, 2.75) is 33.0 Å². The van der Waals surface area contributed by atoms with Gasteiger partial charge in [-0.2, -0.15) is 0 Å². The van der Waals surface area contributed by atoms with E-state index in [1.165, 1.54) is 5.56 Å². The first-order valence-electron chi connectivity index (χ1n) is 7.19. The van der Waals surface area contributed by atoms with Gasteiger partial charge >= 0.3 is 0 Å². The number of hydrogen-bond donors (Lipinski definition) is 2. The van der Waals surface area contributed by atoms with Crippen molar-refractivity contribution in [3.8, 4) is 5.75 Å². The highest BCUT2D eigenvalue weighted by molar-refractivity contribution is 5.28. The summed E-state index contributed by atoms with van der Waals surface area (Å²) in [5, 5.41) is 20.2. The smallest absolute Gasteiger partial charge is 0.119 e. The summed E-state index contributed by atoms with van der Waals surface area (Å²) in [7, 11) is 0. The minimum absolute atomic E-state index is 0.0683. The molecule has 0 radical (unpaired) electrons. The summed E-state index contributed by atoms with van der Waals surface area (Å²) in [5.74, 6) is 0.889. The maximum absolute atomic E-state index is 8.84. The number of ether oxygens (including phenoxy) is 1. The van der Waals surface area contributed by atoms with E-state index in [0.717, 1.165) is 11.4 Å². The van der Waals surface area contributed by atoms with Gasteiger partial charge < -0.3 is 15.2 Å². The summed E-state index contributed by atoms with van der Waals surface area (Å²) in [4.78, 5) is 0. The Morgan fingerprint density at radius 1 is 1.33 bits per heavy atom. The SMILES string of the molecule is CCOc1ccc(C(C)NCc2cn(CCO)nn2)cc1. The molecule has 0 amide bonds. The van der Waals surface area contributed by atoms with Crippen LogP contribution in [0, 0.1) is 0 Å². The van der Waals surface area contributed by atoms with Crippen LogP contribution in [0.1, 0.15) is 31.1 Å². The maximum Gasteiger partial charge on any atom is 0.119 e. The van der Waals surface area contributed by atoms with Crippen molar-refractivity contribution in [3.05, 3.63) is 41.7 Å². The maximum atomic E-state index is 8.84. The third kappa shape index (κ3) is 4.54. The van der Waals surface area contributed by atoms with E-state index in [0.29, 0.717) is 19.7 Å². The van der Waals surface area contributed by atoms with Crippen LogP contribution in [-0.2, 0) is 13.1 Å². The fraction of sp³-hybridized carbons (Fsp3) is 0.467. The van der Waals surface area contributed by atoms with Crippen LogP contribution in [0.3, 0.4) is 0 Å². The molecular formula is C15H22N4O2. The van der Waals surface area contributed by atoms with Crippen molar-refractivity contribution >= 4 is 0 Å². The van der Waals surface area contributed by atoms with Crippen LogP contribution in [-0.4, -0.2) is 33.3 Å². The van der Waals surface area contributed by atoms with Crippen molar-refractivity contribution in [3.63, 3.8) is 0 Å². The van der Waals surface area contributed by atoms with Gasteiger partial charge in [0.2, 0.25) is 0 Å². The molecule has 0 aliphatic carbocycles. The molecule has 6 heteroatoms. The number of rotatable bonds is 8. The lowest BCUT2D eigenvalue weighted by atomic mass is 10.1. The predicted molar refractivity (Wildman–Crippen MR) is 80.0 cm³/mol. The van der Waals surface area contributed by atoms with Gasteiger partial charge in [0.05, 0.1) is 25.5 Å². The highest BCUT2D eigenvalue weighted by Crippen LogP contribution is 2.17. The van der Waals surface area contributed by atoms with Crippen molar-refractivity contribution in [2.24, 2.45) is 0 Å². The van der Waals surface area contributed by atoms with Crippen molar-refractivity contribution in [2.75, 3.05) is 13.2 Å². The van der Waals surface area contributed by atoms with Crippen LogP contribution < -0.4 is 10.1 Å². The first kappa shape index (κ1) is 15.5. The van der Waals surface area contributed by atoms with E-state index in [-0.39, 0.29) is 12.6 Å². The summed E-state index contributed by atoms with van der Waals surface area (Å²) < 4.78 is 7.07. The fourth-order valence-corrected chi connectivity index (χ4v) is 2.03. The Bertz CT molecular complexity index is 539. The van der Waals surface area contributed by atoms with E-state index in [2.05, 4.69) is 34.7 Å². The van der Waals surface area contributed by atoms with Gasteiger partial charge in [-0.25, -0.2) is 4.68 Å². The third-order valence-electron chi connectivity index (χ3n) is 3.20. The van der Waals surface area contributed by atoms with Crippen LogP contribution in [0.4, 0.5) is 0 Å². The first-order chi connectivity index (χ1) is 10.2. The third-order valence-corrected chi connectivity index (χ3v) is 3.20. The molecule has 0 saturated carbocycles. The van der Waals surface area contributed by atoms with Gasteiger partial charge in [0.15, 0.2) is 0 Å². The second-order valence-electron chi connectivity index (χ2n) is 4.80. The lowest BCUT2D eigenvalue weighted by Gasteiger charge is -2.13. The zero-order valence-electron chi connectivity index (χ0n) is 12.5. The molecule has 0 saturated heterocycles. The molecule has 2 N–H and O–H groups in total. The molecule has 2 aromatic rings. The fourth-order valence-electron chi connectivity index (χ4n) is 2.03. The summed E-state index contributed by atoms with van der Waals surface area (Å²) in [6.45, 7) is 5.94. The van der Waals surface area contributed by atoms with E-state index < -0.39 is 0 Å². The molecule has 0 spiro atoms. The van der Waals surface area contributed by atoms with Gasteiger partial charge in [0, 0.05) is 18.8 Å². The van der Waals surface area contributed by atoms with Gasteiger partial charge in [-0.05, 0) is 31.5 Å². The van der Waals surface area contributed by atoms with Crippen LogP contribution >= 0.6 is 0 Å². The molecule has 0 bridgehead atoms. The van der Waals surface area contributed by atoms with Crippen molar-refractivity contribution in [1.29, 1.82) is 0 Å². The topological polar surface area (TPSA) is 72.2 Å². The molecule has 0 aliphatic rings. The number of hydrogen-bond acceptors (Lipinski definition) is 5. The molecule has 6 nitrogen and oxygen atoms in total. The average Bonchev–Trinajstić information content (AvgIpc) is 2.94. The average molecular weight is 290 g/mol. The number of aromatic nitrogens is 3. The van der Waals surface area contributed by atoms with Gasteiger partial charge in [0.1, 0.15) is 5.75 Å².